The fourth-order valence-corrected chi connectivity index (χ4v) is 2.08. The minimum atomic E-state index is -1.01. The molecule has 0 bridgehead atoms. The van der Waals surface area contributed by atoms with E-state index in [2.05, 4.69) is 10.3 Å². The molecule has 1 aromatic heterocycles. The molecule has 0 aliphatic carbocycles. The van der Waals surface area contributed by atoms with E-state index in [0.29, 0.717) is 18.8 Å². The summed E-state index contributed by atoms with van der Waals surface area (Å²) in [6, 6.07) is 6.21. The summed E-state index contributed by atoms with van der Waals surface area (Å²) in [7, 11) is 0. The Morgan fingerprint density at radius 2 is 2.06 bits per heavy atom. The van der Waals surface area contributed by atoms with Crippen LogP contribution in [0.1, 0.15) is 21.1 Å². The largest absolute Gasteiger partial charge is 0.476 e. The summed E-state index contributed by atoms with van der Waals surface area (Å²) in [5, 5.41) is 13.6. The van der Waals surface area contributed by atoms with Crippen molar-refractivity contribution in [3.8, 4) is 0 Å². The summed E-state index contributed by atoms with van der Waals surface area (Å²) in [5.74, 6) is -1.27. The average molecular weight is 266 g/mol. The molecule has 2 aromatic rings. The number of hydrogen-bond acceptors (Lipinski definition) is 4. The molecule has 1 aromatic carbocycles. The van der Waals surface area contributed by atoms with Gasteiger partial charge in [-0.3, -0.25) is 0 Å². The molecule has 0 spiro atoms. The van der Waals surface area contributed by atoms with Crippen LogP contribution in [0, 0.1) is 5.82 Å². The number of benzene rings is 1. The summed E-state index contributed by atoms with van der Waals surface area (Å²) in [5.41, 5.74) is 1.66. The number of aromatic nitrogens is 1. The van der Waals surface area contributed by atoms with Gasteiger partial charge in [0.2, 0.25) is 5.01 Å². The molecule has 6 heteroatoms. The molecule has 0 saturated heterocycles. The predicted molar refractivity (Wildman–Crippen MR) is 66.0 cm³/mol. The Morgan fingerprint density at radius 3 is 2.67 bits per heavy atom. The van der Waals surface area contributed by atoms with Crippen molar-refractivity contribution in [3.05, 3.63) is 51.7 Å². The van der Waals surface area contributed by atoms with Crippen molar-refractivity contribution in [3.63, 3.8) is 0 Å². The van der Waals surface area contributed by atoms with E-state index in [0.717, 1.165) is 16.9 Å². The second-order valence-corrected chi connectivity index (χ2v) is 4.54. The van der Waals surface area contributed by atoms with Crippen molar-refractivity contribution in [1.82, 2.24) is 10.3 Å². The van der Waals surface area contributed by atoms with E-state index in [4.69, 9.17) is 5.11 Å². The molecule has 4 nitrogen and oxygen atoms in total. The zero-order valence-corrected chi connectivity index (χ0v) is 10.2. The third-order valence-electron chi connectivity index (χ3n) is 2.28. The molecule has 0 fully saturated rings. The fourth-order valence-electron chi connectivity index (χ4n) is 1.42. The van der Waals surface area contributed by atoms with Crippen molar-refractivity contribution in [2.45, 2.75) is 13.1 Å². The predicted octanol–water partition coefficient (Wildman–Crippen LogP) is 2.27. The van der Waals surface area contributed by atoms with Gasteiger partial charge in [0.25, 0.3) is 0 Å². The van der Waals surface area contributed by atoms with Gasteiger partial charge in [-0.15, -0.1) is 11.3 Å². The highest BCUT2D eigenvalue weighted by Gasteiger charge is 2.08. The van der Waals surface area contributed by atoms with Gasteiger partial charge in [-0.1, -0.05) is 12.1 Å². The topological polar surface area (TPSA) is 62.2 Å². The third-order valence-corrected chi connectivity index (χ3v) is 3.16. The normalized spacial score (nSPS) is 10.5. The Kier molecular flexibility index (Phi) is 4.01. The number of thiazole rings is 1. The molecule has 0 saturated carbocycles. The van der Waals surface area contributed by atoms with Crippen LogP contribution in [-0.4, -0.2) is 16.1 Å². The van der Waals surface area contributed by atoms with Gasteiger partial charge in [0.15, 0.2) is 0 Å². The van der Waals surface area contributed by atoms with Crippen LogP contribution in [0.25, 0.3) is 0 Å². The van der Waals surface area contributed by atoms with E-state index in [1.165, 1.54) is 12.1 Å². The Balaban J connectivity index is 1.84. The van der Waals surface area contributed by atoms with Crippen molar-refractivity contribution in [2.24, 2.45) is 0 Å². The standard InChI is InChI=1S/C12H11FN2O2S/c13-9-3-1-8(2-4-9)5-14-6-10-7-18-11(15-10)12(16)17/h1-4,7,14H,5-6H2,(H,16,17). The molecule has 0 aliphatic heterocycles. The first-order valence-corrected chi connectivity index (χ1v) is 6.16. The maximum absolute atomic E-state index is 12.7. The van der Waals surface area contributed by atoms with Gasteiger partial charge in [0.1, 0.15) is 5.82 Å². The lowest BCUT2D eigenvalue weighted by Gasteiger charge is -2.02. The van der Waals surface area contributed by atoms with Crippen molar-refractivity contribution in [1.29, 1.82) is 0 Å². The zero-order valence-electron chi connectivity index (χ0n) is 9.39. The molecule has 0 radical (unpaired) electrons. The van der Waals surface area contributed by atoms with Crippen LogP contribution in [0.15, 0.2) is 29.6 Å². The number of hydrogen-bond donors (Lipinski definition) is 2. The summed E-state index contributed by atoms with van der Waals surface area (Å²) in [4.78, 5) is 14.6. The molecule has 94 valence electrons. The number of carbonyl (C=O) groups is 1. The first-order chi connectivity index (χ1) is 8.65. The summed E-state index contributed by atoms with van der Waals surface area (Å²) in [6.07, 6.45) is 0. The Hall–Kier alpha value is -1.79. The lowest BCUT2D eigenvalue weighted by Crippen LogP contribution is -2.13. The van der Waals surface area contributed by atoms with Gasteiger partial charge in [0, 0.05) is 18.5 Å². The lowest BCUT2D eigenvalue weighted by atomic mass is 10.2. The monoisotopic (exact) mass is 266 g/mol. The second-order valence-electron chi connectivity index (χ2n) is 3.68. The van der Waals surface area contributed by atoms with Gasteiger partial charge in [-0.25, -0.2) is 14.2 Å². The number of carboxylic acids is 1. The van der Waals surface area contributed by atoms with Crippen LogP contribution >= 0.6 is 11.3 Å². The van der Waals surface area contributed by atoms with Crippen LogP contribution in [0.5, 0.6) is 0 Å². The Morgan fingerprint density at radius 1 is 1.33 bits per heavy atom. The maximum Gasteiger partial charge on any atom is 0.365 e. The highest BCUT2D eigenvalue weighted by molar-refractivity contribution is 7.11. The molecular formula is C12H11FN2O2S. The van der Waals surface area contributed by atoms with E-state index in [1.54, 1.807) is 17.5 Å². The van der Waals surface area contributed by atoms with Crippen LogP contribution in [0.3, 0.4) is 0 Å². The smallest absolute Gasteiger partial charge is 0.365 e. The number of nitrogens with one attached hydrogen (secondary N) is 1. The van der Waals surface area contributed by atoms with Gasteiger partial charge < -0.3 is 10.4 Å². The molecule has 2 N–H and O–H groups in total. The number of halogens is 1. The lowest BCUT2D eigenvalue weighted by molar-refractivity contribution is 0.0696. The highest BCUT2D eigenvalue weighted by atomic mass is 32.1. The molecule has 18 heavy (non-hydrogen) atoms. The molecule has 1 heterocycles. The summed E-state index contributed by atoms with van der Waals surface area (Å²) in [6.45, 7) is 1.07. The minimum absolute atomic E-state index is 0.0913. The summed E-state index contributed by atoms with van der Waals surface area (Å²) < 4.78 is 12.7. The van der Waals surface area contributed by atoms with Crippen molar-refractivity contribution >= 4 is 17.3 Å². The minimum Gasteiger partial charge on any atom is -0.476 e. The van der Waals surface area contributed by atoms with Crippen LogP contribution in [0.4, 0.5) is 4.39 Å². The molecule has 0 unspecified atom stereocenters. The third kappa shape index (κ3) is 3.35. The van der Waals surface area contributed by atoms with E-state index in [9.17, 15) is 9.18 Å². The number of aromatic carboxylic acids is 1. The first kappa shape index (κ1) is 12.7. The first-order valence-electron chi connectivity index (χ1n) is 5.28. The Labute approximate surface area is 107 Å². The van der Waals surface area contributed by atoms with Crippen LogP contribution < -0.4 is 5.32 Å². The quantitative estimate of drug-likeness (QED) is 0.871. The van der Waals surface area contributed by atoms with E-state index < -0.39 is 5.97 Å². The molecule has 2 rings (SSSR count). The Bertz CT molecular complexity index is 539. The van der Waals surface area contributed by atoms with Crippen LogP contribution in [-0.2, 0) is 13.1 Å². The van der Waals surface area contributed by atoms with E-state index in [-0.39, 0.29) is 10.8 Å². The number of nitrogens with zero attached hydrogens (tertiary/aromatic N) is 1. The van der Waals surface area contributed by atoms with Gasteiger partial charge in [-0.05, 0) is 17.7 Å². The zero-order chi connectivity index (χ0) is 13.0. The van der Waals surface area contributed by atoms with E-state index >= 15 is 0 Å². The van der Waals surface area contributed by atoms with Crippen molar-refractivity contribution < 1.29 is 14.3 Å². The molecular weight excluding hydrogens is 255 g/mol. The highest BCUT2D eigenvalue weighted by Crippen LogP contribution is 2.09. The molecule has 0 aliphatic rings. The summed E-state index contributed by atoms with van der Waals surface area (Å²) >= 11 is 1.11. The fraction of sp³-hybridized carbons (Fsp3) is 0.167. The van der Waals surface area contributed by atoms with Crippen LogP contribution in [0.2, 0.25) is 0 Å². The van der Waals surface area contributed by atoms with Crippen molar-refractivity contribution in [2.75, 3.05) is 0 Å². The second kappa shape index (κ2) is 5.70. The van der Waals surface area contributed by atoms with Gasteiger partial charge in [0.05, 0.1) is 5.69 Å². The van der Waals surface area contributed by atoms with Gasteiger partial charge in [-0.2, -0.15) is 0 Å². The van der Waals surface area contributed by atoms with E-state index in [1.807, 2.05) is 0 Å². The number of rotatable bonds is 5. The number of carboxylic acid groups (broad SMARTS) is 1. The maximum atomic E-state index is 12.7. The average Bonchev–Trinajstić information content (AvgIpc) is 2.81. The van der Waals surface area contributed by atoms with Gasteiger partial charge >= 0.3 is 5.97 Å². The molecule has 0 atom stereocenters. The SMILES string of the molecule is O=C(O)c1nc(CNCc2ccc(F)cc2)cs1. The molecule has 0 amide bonds.